The summed E-state index contributed by atoms with van der Waals surface area (Å²) in [4.78, 5) is 6.01. The van der Waals surface area contributed by atoms with Crippen LogP contribution in [0.3, 0.4) is 0 Å². The fourth-order valence-corrected chi connectivity index (χ4v) is 1.80. The maximum atomic E-state index is 13.2. The number of rotatable bonds is 3. The van der Waals surface area contributed by atoms with Gasteiger partial charge in [-0.3, -0.25) is 0 Å². The summed E-state index contributed by atoms with van der Waals surface area (Å²) in [6, 6.07) is 11.8. The Kier molecular flexibility index (Phi) is 3.54. The maximum Gasteiger partial charge on any atom is 0.150 e. The minimum Gasteiger partial charge on any atom is -0.325 e. The number of halogens is 1. The highest BCUT2D eigenvalue weighted by Crippen LogP contribution is 2.26. The van der Waals surface area contributed by atoms with Crippen LogP contribution in [-0.2, 0) is 0 Å². The standard InChI is InChI=1S/C14H12FN3/c1-2-18(13-7-3-6-12(15)9-13)14-11(10-16)5-4-8-17-14/h3-9H,2H2,1H3. The summed E-state index contributed by atoms with van der Waals surface area (Å²) >= 11 is 0. The van der Waals surface area contributed by atoms with Gasteiger partial charge in [0, 0.05) is 18.4 Å². The third kappa shape index (κ3) is 2.30. The second-order valence-corrected chi connectivity index (χ2v) is 3.71. The van der Waals surface area contributed by atoms with Crippen LogP contribution in [0.1, 0.15) is 12.5 Å². The molecule has 0 aliphatic heterocycles. The molecular weight excluding hydrogens is 229 g/mol. The Morgan fingerprint density at radius 1 is 1.33 bits per heavy atom. The monoisotopic (exact) mass is 241 g/mol. The Morgan fingerprint density at radius 2 is 2.17 bits per heavy atom. The summed E-state index contributed by atoms with van der Waals surface area (Å²) < 4.78 is 13.2. The number of anilines is 2. The lowest BCUT2D eigenvalue weighted by Crippen LogP contribution is -2.18. The van der Waals surface area contributed by atoms with Crippen molar-refractivity contribution in [1.29, 1.82) is 5.26 Å². The molecule has 0 aliphatic carbocycles. The van der Waals surface area contributed by atoms with Gasteiger partial charge in [0.15, 0.2) is 5.82 Å². The molecule has 0 radical (unpaired) electrons. The van der Waals surface area contributed by atoms with E-state index in [-0.39, 0.29) is 5.82 Å². The van der Waals surface area contributed by atoms with Gasteiger partial charge in [0.2, 0.25) is 0 Å². The minimum atomic E-state index is -0.305. The lowest BCUT2D eigenvalue weighted by Gasteiger charge is -2.22. The van der Waals surface area contributed by atoms with E-state index in [0.29, 0.717) is 23.6 Å². The van der Waals surface area contributed by atoms with Crippen molar-refractivity contribution in [2.45, 2.75) is 6.92 Å². The summed E-state index contributed by atoms with van der Waals surface area (Å²) in [7, 11) is 0. The van der Waals surface area contributed by atoms with Crippen molar-refractivity contribution in [3.63, 3.8) is 0 Å². The summed E-state index contributed by atoms with van der Waals surface area (Å²) in [6.45, 7) is 2.54. The molecule has 18 heavy (non-hydrogen) atoms. The molecule has 1 aromatic carbocycles. The van der Waals surface area contributed by atoms with Crippen LogP contribution in [0.25, 0.3) is 0 Å². The quantitative estimate of drug-likeness (QED) is 0.828. The molecule has 4 heteroatoms. The van der Waals surface area contributed by atoms with Crippen molar-refractivity contribution in [3.8, 4) is 6.07 Å². The average molecular weight is 241 g/mol. The predicted molar refractivity (Wildman–Crippen MR) is 68.0 cm³/mol. The van der Waals surface area contributed by atoms with Gasteiger partial charge in [0.25, 0.3) is 0 Å². The number of benzene rings is 1. The van der Waals surface area contributed by atoms with Crippen molar-refractivity contribution in [3.05, 3.63) is 54.0 Å². The Hall–Kier alpha value is -2.41. The average Bonchev–Trinajstić information content (AvgIpc) is 2.40. The second-order valence-electron chi connectivity index (χ2n) is 3.71. The van der Waals surface area contributed by atoms with Gasteiger partial charge >= 0.3 is 0 Å². The smallest absolute Gasteiger partial charge is 0.150 e. The molecule has 0 amide bonds. The molecule has 1 aromatic heterocycles. The first-order chi connectivity index (χ1) is 8.76. The SMILES string of the molecule is CCN(c1cccc(F)c1)c1ncccc1C#N. The Labute approximate surface area is 105 Å². The molecular formula is C14H12FN3. The highest BCUT2D eigenvalue weighted by atomic mass is 19.1. The van der Waals surface area contributed by atoms with Crippen LogP contribution in [0.15, 0.2) is 42.6 Å². The maximum absolute atomic E-state index is 13.2. The zero-order chi connectivity index (χ0) is 13.0. The second kappa shape index (κ2) is 5.28. The van der Waals surface area contributed by atoms with Crippen molar-refractivity contribution in [1.82, 2.24) is 4.98 Å². The van der Waals surface area contributed by atoms with Crippen LogP contribution >= 0.6 is 0 Å². The van der Waals surface area contributed by atoms with E-state index in [2.05, 4.69) is 11.1 Å². The van der Waals surface area contributed by atoms with Crippen LogP contribution < -0.4 is 4.90 Å². The molecule has 2 rings (SSSR count). The summed E-state index contributed by atoms with van der Waals surface area (Å²) in [5, 5.41) is 9.07. The molecule has 0 saturated heterocycles. The first-order valence-electron chi connectivity index (χ1n) is 5.64. The molecule has 0 fully saturated rings. The predicted octanol–water partition coefficient (Wildman–Crippen LogP) is 3.25. The molecule has 2 aromatic rings. The molecule has 0 aliphatic rings. The Morgan fingerprint density at radius 3 is 2.83 bits per heavy atom. The van der Waals surface area contributed by atoms with E-state index in [4.69, 9.17) is 5.26 Å². The molecule has 0 unspecified atom stereocenters. The lowest BCUT2D eigenvalue weighted by molar-refractivity contribution is 0.627. The van der Waals surface area contributed by atoms with Crippen LogP contribution in [-0.4, -0.2) is 11.5 Å². The largest absolute Gasteiger partial charge is 0.325 e. The van der Waals surface area contributed by atoms with Gasteiger partial charge < -0.3 is 4.90 Å². The minimum absolute atomic E-state index is 0.305. The van der Waals surface area contributed by atoms with E-state index >= 15 is 0 Å². The van der Waals surface area contributed by atoms with Gasteiger partial charge in [-0.1, -0.05) is 6.07 Å². The highest BCUT2D eigenvalue weighted by Gasteiger charge is 2.13. The van der Waals surface area contributed by atoms with E-state index in [9.17, 15) is 4.39 Å². The van der Waals surface area contributed by atoms with E-state index in [1.807, 2.05) is 11.8 Å². The van der Waals surface area contributed by atoms with Crippen molar-refractivity contribution >= 4 is 11.5 Å². The van der Waals surface area contributed by atoms with Crippen molar-refractivity contribution < 1.29 is 4.39 Å². The fourth-order valence-electron chi connectivity index (χ4n) is 1.80. The number of hydrogen-bond acceptors (Lipinski definition) is 3. The van der Waals surface area contributed by atoms with E-state index in [1.165, 1.54) is 12.1 Å². The number of aromatic nitrogens is 1. The first-order valence-corrected chi connectivity index (χ1v) is 5.64. The van der Waals surface area contributed by atoms with Gasteiger partial charge in [-0.2, -0.15) is 5.26 Å². The molecule has 0 N–H and O–H groups in total. The number of hydrogen-bond donors (Lipinski definition) is 0. The molecule has 1 heterocycles. The fraction of sp³-hybridized carbons (Fsp3) is 0.143. The normalized spacial score (nSPS) is 9.83. The van der Waals surface area contributed by atoms with E-state index in [1.54, 1.807) is 30.5 Å². The van der Waals surface area contributed by atoms with Gasteiger partial charge in [-0.15, -0.1) is 0 Å². The van der Waals surface area contributed by atoms with Crippen molar-refractivity contribution in [2.24, 2.45) is 0 Å². The summed E-state index contributed by atoms with van der Waals surface area (Å²) in [5.74, 6) is 0.244. The molecule has 0 bridgehead atoms. The van der Waals surface area contributed by atoms with E-state index in [0.717, 1.165) is 0 Å². The van der Waals surface area contributed by atoms with E-state index < -0.39 is 0 Å². The zero-order valence-electron chi connectivity index (χ0n) is 9.97. The molecule has 0 atom stereocenters. The van der Waals surface area contributed by atoms with Crippen molar-refractivity contribution in [2.75, 3.05) is 11.4 Å². The van der Waals surface area contributed by atoms with Gasteiger partial charge in [0.05, 0.1) is 5.56 Å². The lowest BCUT2D eigenvalue weighted by atomic mass is 10.2. The summed E-state index contributed by atoms with van der Waals surface area (Å²) in [5.41, 5.74) is 1.16. The third-order valence-electron chi connectivity index (χ3n) is 2.60. The Bertz CT molecular complexity index is 590. The molecule has 0 spiro atoms. The van der Waals surface area contributed by atoms with Crippen LogP contribution in [0.4, 0.5) is 15.9 Å². The number of nitriles is 1. The molecule has 0 saturated carbocycles. The third-order valence-corrected chi connectivity index (χ3v) is 2.60. The summed E-state index contributed by atoms with van der Waals surface area (Å²) in [6.07, 6.45) is 1.62. The highest BCUT2D eigenvalue weighted by molar-refractivity contribution is 5.65. The van der Waals surface area contributed by atoms with Crippen LogP contribution in [0.2, 0.25) is 0 Å². The zero-order valence-corrected chi connectivity index (χ0v) is 9.97. The molecule has 90 valence electrons. The topological polar surface area (TPSA) is 39.9 Å². The Balaban J connectivity index is 2.49. The van der Waals surface area contributed by atoms with Crippen LogP contribution in [0.5, 0.6) is 0 Å². The molecule has 3 nitrogen and oxygen atoms in total. The number of nitrogens with zero attached hydrogens (tertiary/aromatic N) is 3. The van der Waals surface area contributed by atoms with Gasteiger partial charge in [0.1, 0.15) is 11.9 Å². The number of pyridine rings is 1. The van der Waals surface area contributed by atoms with Gasteiger partial charge in [-0.05, 0) is 37.3 Å². The first kappa shape index (κ1) is 12.1. The van der Waals surface area contributed by atoms with Crippen LogP contribution in [0, 0.1) is 17.1 Å². The van der Waals surface area contributed by atoms with Gasteiger partial charge in [-0.25, -0.2) is 9.37 Å².